The molecule has 3 heterocycles. The van der Waals surface area contributed by atoms with Crippen LogP contribution in [-0.4, -0.2) is 42.6 Å². The molecule has 0 spiro atoms. The van der Waals surface area contributed by atoms with Crippen LogP contribution in [0.5, 0.6) is 0 Å². The van der Waals surface area contributed by atoms with Gasteiger partial charge in [0.2, 0.25) is 0 Å². The van der Waals surface area contributed by atoms with Gasteiger partial charge in [-0.1, -0.05) is 13.3 Å². The Labute approximate surface area is 181 Å². The highest BCUT2D eigenvalue weighted by atomic mass is 16.3. The summed E-state index contributed by atoms with van der Waals surface area (Å²) >= 11 is 0. The summed E-state index contributed by atoms with van der Waals surface area (Å²) in [6, 6.07) is 4.47. The molecule has 0 aromatic carbocycles. The van der Waals surface area contributed by atoms with E-state index in [9.17, 15) is 10.4 Å². The van der Waals surface area contributed by atoms with Crippen molar-refractivity contribution in [3.05, 3.63) is 34.8 Å². The lowest BCUT2D eigenvalue weighted by Crippen LogP contribution is -2.31. The predicted octanol–water partition coefficient (Wildman–Crippen LogP) is 2.63. The first-order valence-corrected chi connectivity index (χ1v) is 11.0. The lowest BCUT2D eigenvalue weighted by Gasteiger charge is -2.35. The van der Waals surface area contributed by atoms with Crippen molar-refractivity contribution in [3.8, 4) is 6.07 Å². The molecule has 0 amide bonds. The molecule has 1 fully saturated rings. The summed E-state index contributed by atoms with van der Waals surface area (Å²) in [6.45, 7) is 4.90. The minimum atomic E-state index is 0.211. The van der Waals surface area contributed by atoms with Crippen molar-refractivity contribution in [2.24, 2.45) is 5.92 Å². The summed E-state index contributed by atoms with van der Waals surface area (Å²) in [4.78, 5) is 4.72. The van der Waals surface area contributed by atoms with E-state index in [1.54, 1.807) is 4.52 Å². The van der Waals surface area contributed by atoms with Crippen molar-refractivity contribution >= 4 is 17.3 Å². The second kappa shape index (κ2) is 8.94. The van der Waals surface area contributed by atoms with E-state index in [1.165, 1.54) is 0 Å². The SMILES string of the molecule is CCCCc1c(C)nn2c(N)c(C#N)c(NCCc3ccn(C4CCC4CO)n3)nc12. The van der Waals surface area contributed by atoms with Gasteiger partial charge in [0.1, 0.15) is 23.3 Å². The second-order valence-corrected chi connectivity index (χ2v) is 8.29. The van der Waals surface area contributed by atoms with Gasteiger partial charge in [0.05, 0.1) is 17.4 Å². The van der Waals surface area contributed by atoms with Crippen molar-refractivity contribution in [3.63, 3.8) is 0 Å². The Morgan fingerprint density at radius 3 is 2.84 bits per heavy atom. The quantitative estimate of drug-likeness (QED) is 0.483. The number of nitriles is 1. The van der Waals surface area contributed by atoms with E-state index < -0.39 is 0 Å². The molecule has 0 radical (unpaired) electrons. The highest BCUT2D eigenvalue weighted by Gasteiger charge is 2.32. The molecule has 4 rings (SSSR count). The lowest BCUT2D eigenvalue weighted by molar-refractivity contribution is 0.0892. The number of aliphatic hydroxyl groups excluding tert-OH is 1. The number of aryl methyl sites for hydroxylation is 2. The van der Waals surface area contributed by atoms with E-state index in [0.717, 1.165) is 49.1 Å². The van der Waals surface area contributed by atoms with Crippen LogP contribution < -0.4 is 11.1 Å². The molecule has 9 nitrogen and oxygen atoms in total. The third-order valence-electron chi connectivity index (χ3n) is 6.28. The highest BCUT2D eigenvalue weighted by Crippen LogP contribution is 2.37. The smallest absolute Gasteiger partial charge is 0.163 e. The summed E-state index contributed by atoms with van der Waals surface area (Å²) in [5, 5.41) is 31.5. The Morgan fingerprint density at radius 1 is 1.32 bits per heavy atom. The first-order valence-electron chi connectivity index (χ1n) is 11.0. The predicted molar refractivity (Wildman–Crippen MR) is 119 cm³/mol. The number of fused-ring (bicyclic) bond motifs is 1. The van der Waals surface area contributed by atoms with Crippen LogP contribution in [0, 0.1) is 24.2 Å². The van der Waals surface area contributed by atoms with Gasteiger partial charge in [0.15, 0.2) is 5.65 Å². The van der Waals surface area contributed by atoms with E-state index in [4.69, 9.17) is 10.7 Å². The van der Waals surface area contributed by atoms with Crippen molar-refractivity contribution < 1.29 is 5.11 Å². The molecule has 3 aromatic rings. The van der Waals surface area contributed by atoms with Crippen molar-refractivity contribution in [2.45, 2.75) is 58.4 Å². The fourth-order valence-corrected chi connectivity index (χ4v) is 4.22. The number of unbranched alkanes of at least 4 members (excludes halogenated alkanes) is 1. The van der Waals surface area contributed by atoms with Gasteiger partial charge < -0.3 is 16.2 Å². The van der Waals surface area contributed by atoms with Crippen LogP contribution in [0.4, 0.5) is 11.6 Å². The molecular formula is C22H30N8O. The zero-order chi connectivity index (χ0) is 22.0. The van der Waals surface area contributed by atoms with E-state index >= 15 is 0 Å². The standard InChI is InChI=1S/C22H30N8O/c1-3-4-5-17-14(2)27-30-20(24)18(12-23)21(26-22(17)30)25-10-8-16-9-11-29(28-16)19-7-6-15(19)13-31/h9,11,15,19,31H,3-8,10,13,24H2,1-2H3,(H,25,26). The molecule has 4 N–H and O–H groups in total. The monoisotopic (exact) mass is 422 g/mol. The van der Waals surface area contributed by atoms with Crippen LogP contribution in [0.1, 0.15) is 61.2 Å². The molecule has 164 valence electrons. The largest absolute Gasteiger partial charge is 0.396 e. The highest BCUT2D eigenvalue weighted by molar-refractivity contribution is 5.69. The van der Waals surface area contributed by atoms with Gasteiger partial charge in [-0.3, -0.25) is 4.68 Å². The molecular weight excluding hydrogens is 392 g/mol. The van der Waals surface area contributed by atoms with Crippen LogP contribution in [0.15, 0.2) is 12.3 Å². The number of nitrogens with one attached hydrogen (secondary N) is 1. The lowest BCUT2D eigenvalue weighted by atomic mass is 9.80. The summed E-state index contributed by atoms with van der Waals surface area (Å²) < 4.78 is 3.56. The normalized spacial score (nSPS) is 18.1. The molecule has 0 saturated heterocycles. The zero-order valence-corrected chi connectivity index (χ0v) is 18.2. The van der Waals surface area contributed by atoms with E-state index in [1.807, 2.05) is 23.9 Å². The average Bonchev–Trinajstić information content (AvgIpc) is 3.30. The van der Waals surface area contributed by atoms with Crippen LogP contribution in [0.3, 0.4) is 0 Å². The number of anilines is 2. The van der Waals surface area contributed by atoms with Gasteiger partial charge in [-0.25, -0.2) is 4.98 Å². The molecule has 1 aliphatic rings. The maximum absolute atomic E-state index is 9.65. The maximum atomic E-state index is 9.65. The van der Waals surface area contributed by atoms with E-state index in [-0.39, 0.29) is 6.61 Å². The number of aliphatic hydroxyl groups is 1. The number of nitrogen functional groups attached to an aromatic ring is 1. The van der Waals surface area contributed by atoms with Crippen LogP contribution in [-0.2, 0) is 12.8 Å². The minimum absolute atomic E-state index is 0.211. The van der Waals surface area contributed by atoms with Gasteiger partial charge in [-0.05, 0) is 38.7 Å². The number of hydrogen-bond donors (Lipinski definition) is 3. The number of aromatic nitrogens is 5. The third-order valence-corrected chi connectivity index (χ3v) is 6.28. The average molecular weight is 423 g/mol. The first kappa shape index (κ1) is 21.1. The first-order chi connectivity index (χ1) is 15.1. The number of nitrogens with two attached hydrogens (primary N) is 1. The second-order valence-electron chi connectivity index (χ2n) is 8.29. The molecule has 1 saturated carbocycles. The molecule has 3 aromatic heterocycles. The molecule has 2 unspecified atom stereocenters. The molecule has 2 atom stereocenters. The Hall–Kier alpha value is -3.12. The number of nitrogens with zero attached hydrogens (tertiary/aromatic N) is 6. The summed E-state index contributed by atoms with van der Waals surface area (Å²) in [5.74, 6) is 1.11. The Balaban J connectivity index is 1.50. The third kappa shape index (κ3) is 3.95. The van der Waals surface area contributed by atoms with Gasteiger partial charge >= 0.3 is 0 Å². The van der Waals surface area contributed by atoms with Gasteiger partial charge in [0, 0.05) is 37.3 Å². The molecule has 31 heavy (non-hydrogen) atoms. The van der Waals surface area contributed by atoms with E-state index in [0.29, 0.717) is 47.8 Å². The van der Waals surface area contributed by atoms with E-state index in [2.05, 4.69) is 28.5 Å². The van der Waals surface area contributed by atoms with Crippen LogP contribution in [0.2, 0.25) is 0 Å². The van der Waals surface area contributed by atoms with Crippen molar-refractivity contribution in [1.82, 2.24) is 24.4 Å². The molecule has 0 aliphatic heterocycles. The zero-order valence-electron chi connectivity index (χ0n) is 18.2. The maximum Gasteiger partial charge on any atom is 0.163 e. The Kier molecular flexibility index (Phi) is 6.09. The summed E-state index contributed by atoms with van der Waals surface area (Å²) in [5.41, 5.74) is 10.2. The molecule has 1 aliphatic carbocycles. The topological polar surface area (TPSA) is 130 Å². The fourth-order valence-electron chi connectivity index (χ4n) is 4.22. The van der Waals surface area contributed by atoms with Crippen LogP contribution in [0.25, 0.3) is 5.65 Å². The van der Waals surface area contributed by atoms with Gasteiger partial charge in [-0.2, -0.15) is 20.0 Å². The minimum Gasteiger partial charge on any atom is -0.396 e. The number of rotatable bonds is 9. The summed E-state index contributed by atoms with van der Waals surface area (Å²) in [6.07, 6.45) is 7.82. The fraction of sp³-hybridized carbons (Fsp3) is 0.545. The van der Waals surface area contributed by atoms with Gasteiger partial charge in [0.25, 0.3) is 0 Å². The van der Waals surface area contributed by atoms with Crippen LogP contribution >= 0.6 is 0 Å². The van der Waals surface area contributed by atoms with Crippen molar-refractivity contribution in [2.75, 3.05) is 24.2 Å². The Bertz CT molecular complexity index is 1110. The molecule has 9 heteroatoms. The van der Waals surface area contributed by atoms with Crippen molar-refractivity contribution in [1.29, 1.82) is 5.26 Å². The summed E-state index contributed by atoms with van der Waals surface area (Å²) in [7, 11) is 0. The van der Waals surface area contributed by atoms with Gasteiger partial charge in [-0.15, -0.1) is 0 Å². The molecule has 0 bridgehead atoms. The number of hydrogen-bond acceptors (Lipinski definition) is 7. The Morgan fingerprint density at radius 2 is 2.16 bits per heavy atom.